The summed E-state index contributed by atoms with van der Waals surface area (Å²) in [6.07, 6.45) is 4.52. The van der Waals surface area contributed by atoms with Crippen LogP contribution >= 0.6 is 11.6 Å². The van der Waals surface area contributed by atoms with Crippen molar-refractivity contribution in [2.45, 2.75) is 12.6 Å². The summed E-state index contributed by atoms with van der Waals surface area (Å²) in [6.45, 7) is -0.288. The van der Waals surface area contributed by atoms with Crippen LogP contribution in [-0.4, -0.2) is 44.4 Å². The summed E-state index contributed by atoms with van der Waals surface area (Å²) in [5.41, 5.74) is 0.852. The van der Waals surface area contributed by atoms with Gasteiger partial charge < -0.3 is 21.1 Å². The molecule has 1 aromatic carbocycles. The monoisotopic (exact) mass is 419 g/mol. The van der Waals surface area contributed by atoms with Crippen molar-refractivity contribution < 1.29 is 14.3 Å². The molecule has 0 aliphatic heterocycles. The van der Waals surface area contributed by atoms with Crippen molar-refractivity contribution in [3.8, 4) is 0 Å². The van der Waals surface area contributed by atoms with E-state index in [9.17, 15) is 14.3 Å². The number of hydrogen-bond donors (Lipinski definition) is 4. The maximum atomic E-state index is 14.0. The Hall–Kier alpha value is -3.24. The molecule has 0 bridgehead atoms. The van der Waals surface area contributed by atoms with Crippen LogP contribution < -0.4 is 16.0 Å². The van der Waals surface area contributed by atoms with E-state index in [0.29, 0.717) is 5.69 Å². The molecule has 0 aliphatic carbocycles. The van der Waals surface area contributed by atoms with Crippen molar-refractivity contribution in [1.29, 1.82) is 0 Å². The second-order valence-corrected chi connectivity index (χ2v) is 6.42. The van der Waals surface area contributed by atoms with E-state index < -0.39 is 11.9 Å². The van der Waals surface area contributed by atoms with Gasteiger partial charge in [-0.25, -0.2) is 9.37 Å². The molecule has 29 heavy (non-hydrogen) atoms. The number of carbonyl (C=O) groups is 1. The highest BCUT2D eigenvalue weighted by atomic mass is 35.5. The molecular weight excluding hydrogens is 401 g/mol. The highest BCUT2D eigenvalue weighted by Gasteiger charge is 2.17. The van der Waals surface area contributed by atoms with Gasteiger partial charge in [0, 0.05) is 18.8 Å². The average Bonchev–Trinajstić information content (AvgIpc) is 3.15. The topological polar surface area (TPSA) is 117 Å². The zero-order valence-corrected chi connectivity index (χ0v) is 16.2. The Kier molecular flexibility index (Phi) is 6.57. The van der Waals surface area contributed by atoms with Crippen LogP contribution in [0, 0.1) is 5.82 Å². The lowest BCUT2D eigenvalue weighted by Crippen LogP contribution is -2.23. The van der Waals surface area contributed by atoms with Gasteiger partial charge in [-0.05, 0) is 6.07 Å². The second-order valence-electron chi connectivity index (χ2n) is 6.02. The summed E-state index contributed by atoms with van der Waals surface area (Å²) in [5, 5.41) is 22.4. The molecule has 3 rings (SSSR count). The molecule has 0 unspecified atom stereocenters. The Morgan fingerprint density at radius 1 is 1.34 bits per heavy atom. The number of nitrogens with one attached hydrogen (secondary N) is 3. The zero-order chi connectivity index (χ0) is 20.8. The summed E-state index contributed by atoms with van der Waals surface area (Å²) in [4.78, 5) is 19.8. The Bertz CT molecular complexity index is 998. The SMILES string of the molecule is CNC(=O)Cn1cc(Nc2ncc(Cl)c(N[C@H](CO)c3ccccc3F)n2)cn1. The van der Waals surface area contributed by atoms with E-state index >= 15 is 0 Å². The average molecular weight is 420 g/mol. The Morgan fingerprint density at radius 2 is 2.14 bits per heavy atom. The molecule has 0 aliphatic rings. The zero-order valence-electron chi connectivity index (χ0n) is 15.4. The van der Waals surface area contributed by atoms with Crippen LogP contribution in [0.1, 0.15) is 11.6 Å². The van der Waals surface area contributed by atoms with Gasteiger partial charge in [0.1, 0.15) is 17.4 Å². The third kappa shape index (κ3) is 5.18. The minimum Gasteiger partial charge on any atom is -0.394 e. The van der Waals surface area contributed by atoms with Crippen molar-refractivity contribution in [1.82, 2.24) is 25.1 Å². The lowest BCUT2D eigenvalue weighted by molar-refractivity contribution is -0.121. The minimum atomic E-state index is -0.744. The van der Waals surface area contributed by atoms with Crippen LogP contribution in [0.25, 0.3) is 0 Å². The Balaban J connectivity index is 1.76. The minimum absolute atomic E-state index is 0.0767. The highest BCUT2D eigenvalue weighted by Crippen LogP contribution is 2.26. The van der Waals surface area contributed by atoms with Gasteiger partial charge >= 0.3 is 0 Å². The standard InChI is InChI=1S/C18H19ClFN7O2/c1-21-16(29)9-27-8-11(6-23-27)24-18-22-7-13(19)17(26-18)25-15(10-28)12-4-2-3-5-14(12)20/h2-8,15,28H,9-10H2,1H3,(H,21,29)(H2,22,24,25,26)/t15-/m1/s1. The predicted molar refractivity (Wildman–Crippen MR) is 106 cm³/mol. The van der Waals surface area contributed by atoms with Gasteiger partial charge in [-0.3, -0.25) is 9.48 Å². The number of anilines is 3. The number of likely N-dealkylation sites (N-methyl/N-ethyl adjacent to an activating group) is 1. The second kappa shape index (κ2) is 9.30. The van der Waals surface area contributed by atoms with Gasteiger partial charge in [0.05, 0.1) is 30.7 Å². The molecule has 0 spiro atoms. The lowest BCUT2D eigenvalue weighted by atomic mass is 10.1. The summed E-state index contributed by atoms with van der Waals surface area (Å²) in [5.74, 6) is -0.200. The lowest BCUT2D eigenvalue weighted by Gasteiger charge is -2.19. The smallest absolute Gasteiger partial charge is 0.241 e. The molecule has 0 radical (unpaired) electrons. The van der Waals surface area contributed by atoms with Gasteiger partial charge in [0.15, 0.2) is 5.82 Å². The molecule has 1 amide bonds. The first-order valence-electron chi connectivity index (χ1n) is 8.64. The van der Waals surface area contributed by atoms with E-state index in [1.54, 1.807) is 31.4 Å². The summed E-state index contributed by atoms with van der Waals surface area (Å²) >= 11 is 6.15. The first kappa shape index (κ1) is 20.5. The molecule has 152 valence electrons. The van der Waals surface area contributed by atoms with Crippen LogP contribution in [-0.2, 0) is 11.3 Å². The number of carbonyl (C=O) groups excluding carboxylic acids is 1. The van der Waals surface area contributed by atoms with Gasteiger partial charge in [-0.1, -0.05) is 29.8 Å². The molecule has 11 heteroatoms. The molecule has 9 nitrogen and oxygen atoms in total. The molecule has 1 atom stereocenters. The molecule has 2 aromatic heterocycles. The Labute approximate surface area is 170 Å². The number of aromatic nitrogens is 4. The van der Waals surface area contributed by atoms with Crippen LogP contribution in [0.2, 0.25) is 5.02 Å². The van der Waals surface area contributed by atoms with Crippen LogP contribution in [0.5, 0.6) is 0 Å². The van der Waals surface area contributed by atoms with E-state index in [-0.39, 0.29) is 41.4 Å². The Morgan fingerprint density at radius 3 is 2.86 bits per heavy atom. The third-order valence-electron chi connectivity index (χ3n) is 3.99. The number of rotatable bonds is 8. The largest absolute Gasteiger partial charge is 0.394 e. The number of halogens is 2. The number of aliphatic hydroxyl groups is 1. The van der Waals surface area contributed by atoms with Crippen LogP contribution in [0.4, 0.5) is 21.8 Å². The van der Waals surface area contributed by atoms with E-state index in [1.807, 2.05) is 0 Å². The number of benzene rings is 1. The van der Waals surface area contributed by atoms with Crippen molar-refractivity contribution in [3.05, 3.63) is 59.3 Å². The number of aliphatic hydroxyl groups excluding tert-OH is 1. The summed E-state index contributed by atoms with van der Waals surface area (Å²) in [6, 6.07) is 5.38. The highest BCUT2D eigenvalue weighted by molar-refractivity contribution is 6.32. The first-order chi connectivity index (χ1) is 14.0. The maximum absolute atomic E-state index is 14.0. The third-order valence-corrected chi connectivity index (χ3v) is 4.27. The number of amides is 1. The van der Waals surface area contributed by atoms with E-state index in [0.717, 1.165) is 0 Å². The fourth-order valence-corrected chi connectivity index (χ4v) is 2.69. The first-order valence-corrected chi connectivity index (χ1v) is 9.02. The normalized spacial score (nSPS) is 11.7. The van der Waals surface area contributed by atoms with Crippen molar-refractivity contribution >= 4 is 35.0 Å². The van der Waals surface area contributed by atoms with E-state index in [2.05, 4.69) is 31.0 Å². The summed E-state index contributed by atoms with van der Waals surface area (Å²) in [7, 11) is 1.54. The maximum Gasteiger partial charge on any atom is 0.241 e. The van der Waals surface area contributed by atoms with Crippen molar-refractivity contribution in [3.63, 3.8) is 0 Å². The van der Waals surface area contributed by atoms with E-state index in [4.69, 9.17) is 11.6 Å². The fourth-order valence-electron chi connectivity index (χ4n) is 2.54. The van der Waals surface area contributed by atoms with Crippen LogP contribution in [0.15, 0.2) is 42.9 Å². The van der Waals surface area contributed by atoms with Gasteiger partial charge in [0.25, 0.3) is 0 Å². The molecule has 3 aromatic rings. The molecule has 4 N–H and O–H groups in total. The van der Waals surface area contributed by atoms with Crippen molar-refractivity contribution in [2.24, 2.45) is 0 Å². The van der Waals surface area contributed by atoms with Gasteiger partial charge in [0.2, 0.25) is 11.9 Å². The van der Waals surface area contributed by atoms with Gasteiger partial charge in [-0.15, -0.1) is 0 Å². The van der Waals surface area contributed by atoms with Crippen molar-refractivity contribution in [2.75, 3.05) is 24.3 Å². The molecule has 0 fully saturated rings. The summed E-state index contributed by atoms with van der Waals surface area (Å²) < 4.78 is 15.5. The number of hydrogen-bond acceptors (Lipinski definition) is 7. The predicted octanol–water partition coefficient (Wildman–Crippen LogP) is 2.10. The molecular formula is C18H19ClFN7O2. The van der Waals surface area contributed by atoms with Crippen LogP contribution in [0.3, 0.4) is 0 Å². The number of nitrogens with zero attached hydrogens (tertiary/aromatic N) is 4. The molecule has 0 saturated heterocycles. The molecule has 2 heterocycles. The fraction of sp³-hybridized carbons (Fsp3) is 0.222. The van der Waals surface area contributed by atoms with E-state index in [1.165, 1.54) is 23.1 Å². The quantitative estimate of drug-likeness (QED) is 0.441. The van der Waals surface area contributed by atoms with Gasteiger partial charge in [-0.2, -0.15) is 10.1 Å². The molecule has 0 saturated carbocycles.